The number of carbonyl (C=O) groups excluding carboxylic acids is 2. The maximum atomic E-state index is 14.0. The Morgan fingerprint density at radius 1 is 1.12 bits per heavy atom. The van der Waals surface area contributed by atoms with Gasteiger partial charge in [0.15, 0.2) is 0 Å². The number of halogens is 1. The van der Waals surface area contributed by atoms with Gasteiger partial charge in [0.05, 0.1) is 18.7 Å². The summed E-state index contributed by atoms with van der Waals surface area (Å²) in [5.74, 6) is -0.483. The summed E-state index contributed by atoms with van der Waals surface area (Å²) in [6.45, 7) is 7.50. The largest absolute Gasteiger partial charge is 0.384 e. The van der Waals surface area contributed by atoms with E-state index in [-0.39, 0.29) is 17.8 Å². The van der Waals surface area contributed by atoms with Gasteiger partial charge in [-0.2, -0.15) is 0 Å². The molecule has 0 spiro atoms. The van der Waals surface area contributed by atoms with Crippen molar-refractivity contribution in [2.45, 2.75) is 25.8 Å². The molecule has 2 aliphatic heterocycles. The van der Waals surface area contributed by atoms with Gasteiger partial charge in [-0.3, -0.25) is 9.79 Å². The second kappa shape index (κ2) is 11.1. The number of rotatable bonds is 9. The summed E-state index contributed by atoms with van der Waals surface area (Å²) >= 11 is 0. The van der Waals surface area contributed by atoms with Crippen LogP contribution in [0.5, 0.6) is 0 Å². The van der Waals surface area contributed by atoms with E-state index in [4.69, 9.17) is 4.74 Å². The van der Waals surface area contributed by atoms with E-state index in [0.29, 0.717) is 44.9 Å². The number of amides is 3. The fourth-order valence-electron chi connectivity index (χ4n) is 6.03. The standard InChI is InChI=1S/C33H34FN5O3/c1-33(2,20-42-3)30-29(21-4-6-22(7-5-21)31(40)36-12-14-38-15-13-37-32(38)41)27-16-23-18-35-19-24(23)17-28(27)39(30)26-10-8-25(34)9-11-26/h4-11,16-17,19H,12-15,18,20H2,1-3H3,(H,36,40)(H,37,41). The summed E-state index contributed by atoms with van der Waals surface area (Å²) in [7, 11) is 1.70. The molecular formula is C33H34FN5O3. The number of benzene rings is 3. The van der Waals surface area contributed by atoms with Crippen LogP contribution in [0.15, 0.2) is 65.7 Å². The first kappa shape index (κ1) is 27.7. The molecule has 3 amide bonds. The lowest BCUT2D eigenvalue weighted by Gasteiger charge is -2.28. The summed E-state index contributed by atoms with van der Waals surface area (Å²) in [5, 5.41) is 6.75. The number of nitrogens with zero attached hydrogens (tertiary/aromatic N) is 3. The Labute approximate surface area is 244 Å². The molecule has 8 nitrogen and oxygen atoms in total. The Balaban J connectivity index is 1.43. The van der Waals surface area contributed by atoms with Crippen LogP contribution in [0.1, 0.15) is 41.0 Å². The van der Waals surface area contributed by atoms with Crippen molar-refractivity contribution in [1.29, 1.82) is 0 Å². The van der Waals surface area contributed by atoms with Crippen LogP contribution in [-0.4, -0.2) is 67.5 Å². The molecule has 3 heterocycles. The average Bonchev–Trinajstić information content (AvgIpc) is 3.69. The highest BCUT2D eigenvalue weighted by molar-refractivity contribution is 6.04. The van der Waals surface area contributed by atoms with Crippen molar-refractivity contribution in [1.82, 2.24) is 20.1 Å². The minimum absolute atomic E-state index is 0.0993. The van der Waals surface area contributed by atoms with Crippen LogP contribution in [0, 0.1) is 5.82 Å². The fraction of sp³-hybridized carbons (Fsp3) is 0.303. The molecule has 42 heavy (non-hydrogen) atoms. The molecule has 0 unspecified atom stereocenters. The zero-order valence-electron chi connectivity index (χ0n) is 24.0. The van der Waals surface area contributed by atoms with E-state index in [0.717, 1.165) is 44.5 Å². The second-order valence-electron chi connectivity index (χ2n) is 11.4. The van der Waals surface area contributed by atoms with E-state index >= 15 is 0 Å². The zero-order valence-corrected chi connectivity index (χ0v) is 24.0. The van der Waals surface area contributed by atoms with Gasteiger partial charge in [0.1, 0.15) is 5.82 Å². The number of aliphatic imine (C=N–C) groups is 1. The van der Waals surface area contributed by atoms with Gasteiger partial charge in [0.2, 0.25) is 0 Å². The highest BCUT2D eigenvalue weighted by Gasteiger charge is 2.33. The SMILES string of the molecule is COCC(C)(C)c1c(-c2ccc(C(=O)NCCN3CCNC3=O)cc2)c2cc3c(cc2n1-c1ccc(F)cc1)C=NC3. The lowest BCUT2D eigenvalue weighted by molar-refractivity contribution is 0.0950. The van der Waals surface area contributed by atoms with Gasteiger partial charge >= 0.3 is 6.03 Å². The third-order valence-corrected chi connectivity index (χ3v) is 8.00. The molecule has 2 aliphatic rings. The van der Waals surface area contributed by atoms with E-state index in [2.05, 4.69) is 46.2 Å². The Morgan fingerprint density at radius 2 is 1.88 bits per heavy atom. The number of methoxy groups -OCH3 is 1. The van der Waals surface area contributed by atoms with Gasteiger partial charge in [0, 0.05) is 72.8 Å². The minimum atomic E-state index is -0.423. The number of urea groups is 1. The van der Waals surface area contributed by atoms with Crippen LogP contribution in [-0.2, 0) is 16.7 Å². The quantitative estimate of drug-likeness (QED) is 0.297. The summed E-state index contributed by atoms with van der Waals surface area (Å²) in [6.07, 6.45) is 1.90. The number of hydrogen-bond acceptors (Lipinski definition) is 4. The molecule has 0 aliphatic carbocycles. The van der Waals surface area contributed by atoms with Crippen molar-refractivity contribution in [3.8, 4) is 16.8 Å². The van der Waals surface area contributed by atoms with E-state index in [1.165, 1.54) is 12.1 Å². The molecule has 0 bridgehead atoms. The molecule has 1 aromatic heterocycles. The van der Waals surface area contributed by atoms with Crippen molar-refractivity contribution in [3.05, 3.63) is 88.9 Å². The van der Waals surface area contributed by atoms with Crippen molar-refractivity contribution in [2.24, 2.45) is 4.99 Å². The Bertz CT molecular complexity index is 1690. The van der Waals surface area contributed by atoms with Crippen LogP contribution in [0.4, 0.5) is 9.18 Å². The Morgan fingerprint density at radius 3 is 2.57 bits per heavy atom. The highest BCUT2D eigenvalue weighted by Crippen LogP contribution is 2.44. The van der Waals surface area contributed by atoms with E-state index < -0.39 is 5.41 Å². The smallest absolute Gasteiger partial charge is 0.317 e. The Hall–Kier alpha value is -4.50. The third-order valence-electron chi connectivity index (χ3n) is 8.00. The minimum Gasteiger partial charge on any atom is -0.384 e. The number of fused-ring (bicyclic) bond motifs is 2. The van der Waals surface area contributed by atoms with Crippen LogP contribution < -0.4 is 10.6 Å². The molecule has 6 rings (SSSR count). The molecule has 0 saturated carbocycles. The third kappa shape index (κ3) is 5.05. The number of ether oxygens (including phenoxy) is 1. The molecule has 1 saturated heterocycles. The number of nitrogens with one attached hydrogen (secondary N) is 2. The number of carbonyl (C=O) groups is 2. The first-order valence-corrected chi connectivity index (χ1v) is 14.1. The van der Waals surface area contributed by atoms with Crippen molar-refractivity contribution in [3.63, 3.8) is 0 Å². The maximum Gasteiger partial charge on any atom is 0.317 e. The molecule has 9 heteroatoms. The van der Waals surface area contributed by atoms with Gasteiger partial charge < -0.3 is 24.8 Å². The van der Waals surface area contributed by atoms with Gasteiger partial charge in [-0.15, -0.1) is 0 Å². The zero-order chi connectivity index (χ0) is 29.4. The summed E-state index contributed by atoms with van der Waals surface area (Å²) in [6, 6.07) is 18.4. The van der Waals surface area contributed by atoms with Gasteiger partial charge in [-0.05, 0) is 65.2 Å². The van der Waals surface area contributed by atoms with Crippen LogP contribution >= 0.6 is 0 Å². The van der Waals surface area contributed by atoms with Crippen molar-refractivity contribution < 1.29 is 18.7 Å². The lowest BCUT2D eigenvalue weighted by atomic mass is 9.84. The van der Waals surface area contributed by atoms with Gasteiger partial charge in [-0.1, -0.05) is 26.0 Å². The summed E-state index contributed by atoms with van der Waals surface area (Å²) in [4.78, 5) is 30.9. The molecule has 0 atom stereocenters. The molecule has 3 aromatic carbocycles. The molecule has 216 valence electrons. The lowest BCUT2D eigenvalue weighted by Crippen LogP contribution is -2.36. The molecule has 1 fully saturated rings. The van der Waals surface area contributed by atoms with Gasteiger partial charge in [0.25, 0.3) is 5.91 Å². The predicted molar refractivity (Wildman–Crippen MR) is 162 cm³/mol. The first-order valence-electron chi connectivity index (χ1n) is 14.1. The summed E-state index contributed by atoms with van der Waals surface area (Å²) < 4.78 is 21.9. The average molecular weight is 568 g/mol. The molecule has 0 radical (unpaired) electrons. The first-order chi connectivity index (χ1) is 20.3. The fourth-order valence-corrected chi connectivity index (χ4v) is 6.03. The molecule has 4 aromatic rings. The highest BCUT2D eigenvalue weighted by atomic mass is 19.1. The van der Waals surface area contributed by atoms with Crippen molar-refractivity contribution >= 4 is 29.1 Å². The monoisotopic (exact) mass is 567 g/mol. The molecule has 2 N–H and O–H groups in total. The maximum absolute atomic E-state index is 14.0. The van der Waals surface area contributed by atoms with Crippen LogP contribution in [0.3, 0.4) is 0 Å². The number of hydrogen-bond donors (Lipinski definition) is 2. The predicted octanol–water partition coefficient (Wildman–Crippen LogP) is 5.05. The van der Waals surface area contributed by atoms with Crippen LogP contribution in [0.2, 0.25) is 0 Å². The van der Waals surface area contributed by atoms with Gasteiger partial charge in [-0.25, -0.2) is 9.18 Å². The summed E-state index contributed by atoms with van der Waals surface area (Å²) in [5.41, 5.74) is 7.23. The van der Waals surface area contributed by atoms with Crippen molar-refractivity contribution in [2.75, 3.05) is 39.9 Å². The molecular weight excluding hydrogens is 533 g/mol. The number of aromatic nitrogens is 1. The normalized spacial score (nSPS) is 14.5. The van der Waals surface area contributed by atoms with Crippen LogP contribution in [0.25, 0.3) is 27.7 Å². The van der Waals surface area contributed by atoms with E-state index in [1.54, 1.807) is 24.1 Å². The Kier molecular flexibility index (Phi) is 7.28. The van der Waals surface area contributed by atoms with E-state index in [9.17, 15) is 14.0 Å². The second-order valence-corrected chi connectivity index (χ2v) is 11.4. The van der Waals surface area contributed by atoms with E-state index in [1.807, 2.05) is 30.5 Å². The topological polar surface area (TPSA) is 88.0 Å².